The molecule has 0 bridgehead atoms. The summed E-state index contributed by atoms with van der Waals surface area (Å²) >= 11 is 17.3. The summed E-state index contributed by atoms with van der Waals surface area (Å²) in [4.78, 5) is 0. The maximum atomic E-state index is 9.32. The van der Waals surface area contributed by atoms with Gasteiger partial charge >= 0.3 is 0 Å². The minimum atomic E-state index is -0.630. The summed E-state index contributed by atoms with van der Waals surface area (Å²) in [6.07, 6.45) is 0.746. The van der Waals surface area contributed by atoms with E-state index in [-0.39, 0.29) is 11.7 Å². The first-order valence-electron chi connectivity index (χ1n) is 4.48. The van der Waals surface area contributed by atoms with Gasteiger partial charge in [-0.1, -0.05) is 11.6 Å². The molecule has 2 rings (SSSR count). The second-order valence-electron chi connectivity index (χ2n) is 3.59. The van der Waals surface area contributed by atoms with E-state index in [1.807, 2.05) is 0 Å². The second-order valence-corrected chi connectivity index (χ2v) is 5.54. The first-order valence-corrected chi connectivity index (χ1v) is 5.61. The Balaban J connectivity index is 1.92. The third kappa shape index (κ3) is 2.63. The maximum absolute atomic E-state index is 9.32. The highest BCUT2D eigenvalue weighted by Gasteiger charge is 2.52. The van der Waals surface area contributed by atoms with Crippen molar-refractivity contribution in [3.8, 4) is 11.5 Å². The zero-order valence-electron chi connectivity index (χ0n) is 7.71. The van der Waals surface area contributed by atoms with Crippen molar-refractivity contribution in [1.82, 2.24) is 0 Å². The molecular weight excluding hydrogens is 258 g/mol. The van der Waals surface area contributed by atoms with Crippen LogP contribution in [0.3, 0.4) is 0 Å². The predicted molar refractivity (Wildman–Crippen MR) is 61.2 cm³/mol. The van der Waals surface area contributed by atoms with E-state index in [4.69, 9.17) is 39.5 Å². The fourth-order valence-electron chi connectivity index (χ4n) is 1.23. The third-order valence-electron chi connectivity index (χ3n) is 2.32. The first-order chi connectivity index (χ1) is 6.99. The molecule has 0 heterocycles. The molecule has 1 N–H and O–H groups in total. The SMILES string of the molecule is Oc1cc(OCC2CC2(Cl)Cl)ccc1Cl. The Hall–Kier alpha value is -0.310. The molecule has 0 aliphatic heterocycles. The van der Waals surface area contributed by atoms with Gasteiger partial charge in [0.05, 0.1) is 11.6 Å². The second kappa shape index (κ2) is 3.93. The Bertz CT molecular complexity index is 379. The number of phenolic OH excluding ortho intramolecular Hbond substituents is 1. The van der Waals surface area contributed by atoms with Gasteiger partial charge in [0.15, 0.2) is 0 Å². The van der Waals surface area contributed by atoms with Gasteiger partial charge in [-0.2, -0.15) is 0 Å². The summed E-state index contributed by atoms with van der Waals surface area (Å²) in [5.74, 6) is 0.736. The van der Waals surface area contributed by atoms with E-state index in [0.29, 0.717) is 17.4 Å². The van der Waals surface area contributed by atoms with Crippen LogP contribution in [0.25, 0.3) is 0 Å². The Labute approximate surface area is 103 Å². The van der Waals surface area contributed by atoms with Gasteiger partial charge in [-0.25, -0.2) is 0 Å². The topological polar surface area (TPSA) is 29.5 Å². The van der Waals surface area contributed by atoms with Gasteiger partial charge < -0.3 is 9.84 Å². The Morgan fingerprint density at radius 2 is 2.13 bits per heavy atom. The van der Waals surface area contributed by atoms with Gasteiger partial charge in [-0.05, 0) is 18.6 Å². The van der Waals surface area contributed by atoms with Gasteiger partial charge in [0.25, 0.3) is 0 Å². The highest BCUT2D eigenvalue weighted by Crippen LogP contribution is 2.53. The number of aromatic hydroxyl groups is 1. The van der Waals surface area contributed by atoms with Gasteiger partial charge in [0.1, 0.15) is 15.8 Å². The minimum Gasteiger partial charge on any atom is -0.506 e. The molecule has 2 nitrogen and oxygen atoms in total. The summed E-state index contributed by atoms with van der Waals surface area (Å²) in [6, 6.07) is 4.73. The van der Waals surface area contributed by atoms with Gasteiger partial charge in [0, 0.05) is 12.0 Å². The molecule has 5 heteroatoms. The van der Waals surface area contributed by atoms with Crippen LogP contribution in [0.4, 0.5) is 0 Å². The number of phenols is 1. The van der Waals surface area contributed by atoms with Gasteiger partial charge in [-0.3, -0.25) is 0 Å². The van der Waals surface area contributed by atoms with Crippen LogP contribution in [0.5, 0.6) is 11.5 Å². The molecule has 1 aromatic rings. The normalized spacial score (nSPS) is 22.5. The molecule has 1 aliphatic carbocycles. The van der Waals surface area contributed by atoms with Crippen LogP contribution in [0.15, 0.2) is 18.2 Å². The number of alkyl halides is 2. The number of rotatable bonds is 3. The Morgan fingerprint density at radius 1 is 1.47 bits per heavy atom. The number of halogens is 3. The number of hydrogen-bond donors (Lipinski definition) is 1. The molecule has 15 heavy (non-hydrogen) atoms. The summed E-state index contributed by atoms with van der Waals surface area (Å²) in [7, 11) is 0. The number of hydrogen-bond acceptors (Lipinski definition) is 2. The first kappa shape index (κ1) is 11.2. The molecule has 0 spiro atoms. The lowest BCUT2D eigenvalue weighted by atomic mass is 10.3. The molecule has 1 saturated carbocycles. The van der Waals surface area contributed by atoms with Crippen molar-refractivity contribution in [2.75, 3.05) is 6.61 Å². The summed E-state index contributed by atoms with van der Waals surface area (Å²) in [5.41, 5.74) is 0. The molecule has 82 valence electrons. The van der Waals surface area contributed by atoms with Crippen molar-refractivity contribution >= 4 is 34.8 Å². The number of benzene rings is 1. The summed E-state index contributed by atoms with van der Waals surface area (Å²) in [5, 5.41) is 9.62. The van der Waals surface area contributed by atoms with Crippen LogP contribution < -0.4 is 4.74 Å². The van der Waals surface area contributed by atoms with Crippen molar-refractivity contribution in [3.05, 3.63) is 23.2 Å². The van der Waals surface area contributed by atoms with Crippen molar-refractivity contribution in [2.45, 2.75) is 10.8 Å². The Morgan fingerprint density at radius 3 is 2.67 bits per heavy atom. The standard InChI is InChI=1S/C10H9Cl3O2/c11-8-2-1-7(3-9(8)14)15-5-6-4-10(6,12)13/h1-3,6,14H,4-5H2. The highest BCUT2D eigenvalue weighted by molar-refractivity contribution is 6.50. The third-order valence-corrected chi connectivity index (χ3v) is 3.57. The van der Waals surface area contributed by atoms with Crippen LogP contribution in [-0.4, -0.2) is 16.0 Å². The van der Waals surface area contributed by atoms with E-state index in [0.717, 1.165) is 6.42 Å². The van der Waals surface area contributed by atoms with Gasteiger partial charge in [-0.15, -0.1) is 23.2 Å². The van der Waals surface area contributed by atoms with E-state index in [9.17, 15) is 5.11 Å². The van der Waals surface area contributed by atoms with Crippen LogP contribution in [-0.2, 0) is 0 Å². The van der Waals surface area contributed by atoms with E-state index in [1.165, 1.54) is 6.07 Å². The molecule has 1 aliphatic rings. The van der Waals surface area contributed by atoms with E-state index in [2.05, 4.69) is 0 Å². The maximum Gasteiger partial charge on any atom is 0.137 e. The van der Waals surface area contributed by atoms with E-state index in [1.54, 1.807) is 12.1 Å². The molecule has 0 radical (unpaired) electrons. The quantitative estimate of drug-likeness (QED) is 0.848. The van der Waals surface area contributed by atoms with Crippen molar-refractivity contribution in [1.29, 1.82) is 0 Å². The zero-order chi connectivity index (χ0) is 11.1. The van der Waals surface area contributed by atoms with Gasteiger partial charge in [0.2, 0.25) is 0 Å². The average molecular weight is 268 g/mol. The Kier molecular flexibility index (Phi) is 2.93. The smallest absolute Gasteiger partial charge is 0.137 e. The molecule has 1 unspecified atom stereocenters. The predicted octanol–water partition coefficient (Wildman–Crippen LogP) is 3.62. The van der Waals surface area contributed by atoms with Crippen molar-refractivity contribution in [3.63, 3.8) is 0 Å². The molecule has 1 fully saturated rings. The minimum absolute atomic E-state index is 0.00738. The van der Waals surface area contributed by atoms with Crippen LogP contribution in [0.2, 0.25) is 5.02 Å². The van der Waals surface area contributed by atoms with Crippen LogP contribution >= 0.6 is 34.8 Å². The molecule has 1 atom stereocenters. The van der Waals surface area contributed by atoms with Crippen LogP contribution in [0.1, 0.15) is 6.42 Å². The zero-order valence-corrected chi connectivity index (χ0v) is 9.98. The average Bonchev–Trinajstić information content (AvgIpc) is 2.77. The fourth-order valence-corrected chi connectivity index (χ4v) is 1.85. The fraction of sp³-hybridized carbons (Fsp3) is 0.400. The molecule has 0 aromatic heterocycles. The molecule has 0 saturated heterocycles. The summed E-state index contributed by atoms with van der Waals surface area (Å²) in [6.45, 7) is 0.452. The lowest BCUT2D eigenvalue weighted by molar-refractivity contribution is 0.297. The lowest BCUT2D eigenvalue weighted by Crippen LogP contribution is -2.04. The molecular formula is C10H9Cl3O2. The molecule has 0 amide bonds. The largest absolute Gasteiger partial charge is 0.506 e. The monoisotopic (exact) mass is 266 g/mol. The van der Waals surface area contributed by atoms with Crippen molar-refractivity contribution in [2.24, 2.45) is 5.92 Å². The summed E-state index contributed by atoms with van der Waals surface area (Å²) < 4.78 is 4.78. The lowest BCUT2D eigenvalue weighted by Gasteiger charge is -2.06. The number of ether oxygens (including phenoxy) is 1. The highest BCUT2D eigenvalue weighted by atomic mass is 35.5. The van der Waals surface area contributed by atoms with Crippen molar-refractivity contribution < 1.29 is 9.84 Å². The molecule has 1 aromatic carbocycles. The van der Waals surface area contributed by atoms with E-state index >= 15 is 0 Å². The van der Waals surface area contributed by atoms with Crippen LogP contribution in [0, 0.1) is 5.92 Å². The van der Waals surface area contributed by atoms with E-state index < -0.39 is 4.33 Å².